The standard InChI is InChI=1S/C11H19NO2/c1-4-11(2,3)10(14-13)9-12-7-5-6-8-12/h5-8,10,13H,4,9H2,1-3H3. The van der Waals surface area contributed by atoms with Crippen molar-refractivity contribution in [1.29, 1.82) is 0 Å². The lowest BCUT2D eigenvalue weighted by molar-refractivity contribution is -0.304. The van der Waals surface area contributed by atoms with Gasteiger partial charge in [-0.2, -0.15) is 0 Å². The summed E-state index contributed by atoms with van der Waals surface area (Å²) in [5.74, 6) is 0. The summed E-state index contributed by atoms with van der Waals surface area (Å²) < 4.78 is 2.01. The molecule has 0 radical (unpaired) electrons. The Hall–Kier alpha value is -0.800. The minimum Gasteiger partial charge on any atom is -0.352 e. The van der Waals surface area contributed by atoms with Crippen LogP contribution in [0.5, 0.6) is 0 Å². The van der Waals surface area contributed by atoms with Crippen LogP contribution >= 0.6 is 0 Å². The number of rotatable bonds is 5. The first-order valence-electron chi connectivity index (χ1n) is 5.01. The first-order valence-corrected chi connectivity index (χ1v) is 5.01. The van der Waals surface area contributed by atoms with Crippen molar-refractivity contribution in [2.24, 2.45) is 5.41 Å². The average Bonchev–Trinajstić information content (AvgIpc) is 2.66. The molecule has 0 saturated heterocycles. The summed E-state index contributed by atoms with van der Waals surface area (Å²) in [6.07, 6.45) is 4.74. The van der Waals surface area contributed by atoms with Gasteiger partial charge in [-0.15, -0.1) is 0 Å². The molecule has 1 rings (SSSR count). The summed E-state index contributed by atoms with van der Waals surface area (Å²) in [7, 11) is 0. The van der Waals surface area contributed by atoms with E-state index in [2.05, 4.69) is 25.7 Å². The Kier molecular flexibility index (Phi) is 3.72. The molecule has 80 valence electrons. The lowest BCUT2D eigenvalue weighted by Gasteiger charge is -2.30. The van der Waals surface area contributed by atoms with Crippen LogP contribution in [0.3, 0.4) is 0 Å². The van der Waals surface area contributed by atoms with Crippen molar-refractivity contribution in [2.75, 3.05) is 0 Å². The summed E-state index contributed by atoms with van der Waals surface area (Å²) in [6, 6.07) is 3.93. The van der Waals surface area contributed by atoms with Crippen LogP contribution in [-0.2, 0) is 11.4 Å². The van der Waals surface area contributed by atoms with Gasteiger partial charge in [-0.3, -0.25) is 5.26 Å². The highest BCUT2D eigenvalue weighted by atomic mass is 17.1. The van der Waals surface area contributed by atoms with Crippen LogP contribution < -0.4 is 0 Å². The Morgan fingerprint density at radius 2 is 1.93 bits per heavy atom. The number of hydrogen-bond acceptors (Lipinski definition) is 2. The summed E-state index contributed by atoms with van der Waals surface area (Å²) in [5, 5.41) is 8.88. The van der Waals surface area contributed by atoms with Crippen molar-refractivity contribution in [3.05, 3.63) is 24.5 Å². The molecule has 1 unspecified atom stereocenters. The van der Waals surface area contributed by atoms with Gasteiger partial charge in [0.2, 0.25) is 0 Å². The molecular formula is C11H19NO2. The van der Waals surface area contributed by atoms with E-state index in [0.717, 1.165) is 6.42 Å². The fourth-order valence-electron chi connectivity index (χ4n) is 1.33. The normalized spacial score (nSPS) is 14.3. The molecule has 0 saturated carbocycles. The molecule has 0 aliphatic rings. The van der Waals surface area contributed by atoms with Gasteiger partial charge in [0.1, 0.15) is 6.10 Å². The molecule has 0 fully saturated rings. The SMILES string of the molecule is CCC(C)(C)C(Cn1cccc1)OO. The lowest BCUT2D eigenvalue weighted by Crippen LogP contribution is -2.34. The minimum atomic E-state index is -0.167. The first-order chi connectivity index (χ1) is 6.60. The maximum Gasteiger partial charge on any atom is 0.116 e. The second-order valence-electron chi connectivity index (χ2n) is 4.32. The molecule has 0 spiro atoms. The molecule has 1 N–H and O–H groups in total. The van der Waals surface area contributed by atoms with Crippen LogP contribution in [0.15, 0.2) is 24.5 Å². The van der Waals surface area contributed by atoms with Gasteiger partial charge in [-0.05, 0) is 24.0 Å². The van der Waals surface area contributed by atoms with Gasteiger partial charge in [0, 0.05) is 12.4 Å². The largest absolute Gasteiger partial charge is 0.352 e. The Bertz CT molecular complexity index is 254. The molecule has 1 aromatic heterocycles. The van der Waals surface area contributed by atoms with Gasteiger partial charge in [-0.25, -0.2) is 4.89 Å². The van der Waals surface area contributed by atoms with E-state index in [-0.39, 0.29) is 11.5 Å². The second-order valence-corrected chi connectivity index (χ2v) is 4.32. The maximum atomic E-state index is 8.88. The molecule has 0 aliphatic carbocycles. The zero-order valence-electron chi connectivity index (χ0n) is 9.10. The number of nitrogens with zero attached hydrogens (tertiary/aromatic N) is 1. The maximum absolute atomic E-state index is 8.88. The third-order valence-corrected chi connectivity index (χ3v) is 2.95. The molecule has 1 aromatic rings. The third-order valence-electron chi connectivity index (χ3n) is 2.95. The van der Waals surface area contributed by atoms with Crippen LogP contribution in [0.2, 0.25) is 0 Å². The molecule has 0 amide bonds. The van der Waals surface area contributed by atoms with E-state index in [0.29, 0.717) is 6.54 Å². The fraction of sp³-hybridized carbons (Fsp3) is 0.636. The summed E-state index contributed by atoms with van der Waals surface area (Å²) in [5.41, 5.74) is -0.0149. The predicted molar refractivity (Wildman–Crippen MR) is 56.0 cm³/mol. The zero-order chi connectivity index (χ0) is 10.6. The van der Waals surface area contributed by atoms with E-state index in [1.165, 1.54) is 0 Å². The van der Waals surface area contributed by atoms with Crippen LogP contribution in [0, 0.1) is 5.41 Å². The fourth-order valence-corrected chi connectivity index (χ4v) is 1.33. The van der Waals surface area contributed by atoms with E-state index in [1.807, 2.05) is 29.1 Å². The van der Waals surface area contributed by atoms with Crippen LogP contribution in [0.1, 0.15) is 27.2 Å². The Labute approximate surface area is 85.2 Å². The molecular weight excluding hydrogens is 178 g/mol. The van der Waals surface area contributed by atoms with Gasteiger partial charge in [-0.1, -0.05) is 20.8 Å². The Morgan fingerprint density at radius 3 is 2.36 bits per heavy atom. The van der Waals surface area contributed by atoms with Crippen molar-refractivity contribution in [2.45, 2.75) is 39.8 Å². The van der Waals surface area contributed by atoms with Gasteiger partial charge in [0.05, 0.1) is 6.54 Å². The summed E-state index contributed by atoms with van der Waals surface area (Å²) in [6.45, 7) is 6.97. The molecule has 0 aromatic carbocycles. The minimum absolute atomic E-state index is 0.0149. The zero-order valence-corrected chi connectivity index (χ0v) is 9.10. The van der Waals surface area contributed by atoms with Gasteiger partial charge in [0.25, 0.3) is 0 Å². The van der Waals surface area contributed by atoms with E-state index >= 15 is 0 Å². The highest BCUT2D eigenvalue weighted by Gasteiger charge is 2.29. The highest BCUT2D eigenvalue weighted by molar-refractivity contribution is 4.92. The summed E-state index contributed by atoms with van der Waals surface area (Å²) >= 11 is 0. The van der Waals surface area contributed by atoms with E-state index in [9.17, 15) is 0 Å². The third kappa shape index (κ3) is 2.59. The van der Waals surface area contributed by atoms with E-state index in [4.69, 9.17) is 5.26 Å². The van der Waals surface area contributed by atoms with E-state index < -0.39 is 0 Å². The lowest BCUT2D eigenvalue weighted by atomic mass is 9.84. The van der Waals surface area contributed by atoms with Crippen LogP contribution in [0.25, 0.3) is 0 Å². The number of hydrogen-bond donors (Lipinski definition) is 1. The van der Waals surface area contributed by atoms with Crippen molar-refractivity contribution < 1.29 is 10.1 Å². The van der Waals surface area contributed by atoms with Crippen LogP contribution in [-0.4, -0.2) is 15.9 Å². The second kappa shape index (κ2) is 4.62. The average molecular weight is 197 g/mol. The molecule has 3 nitrogen and oxygen atoms in total. The van der Waals surface area contributed by atoms with Gasteiger partial charge < -0.3 is 4.57 Å². The van der Waals surface area contributed by atoms with Crippen molar-refractivity contribution in [3.63, 3.8) is 0 Å². The molecule has 0 bridgehead atoms. The predicted octanol–water partition coefficient (Wildman–Crippen LogP) is 2.78. The molecule has 14 heavy (non-hydrogen) atoms. The molecule has 0 aliphatic heterocycles. The van der Waals surface area contributed by atoms with E-state index in [1.54, 1.807) is 0 Å². The topological polar surface area (TPSA) is 34.4 Å². The van der Waals surface area contributed by atoms with Crippen molar-refractivity contribution in [1.82, 2.24) is 4.57 Å². The highest BCUT2D eigenvalue weighted by Crippen LogP contribution is 2.27. The number of aromatic nitrogens is 1. The quantitative estimate of drug-likeness (QED) is 0.581. The van der Waals surface area contributed by atoms with Crippen molar-refractivity contribution >= 4 is 0 Å². The van der Waals surface area contributed by atoms with Crippen LogP contribution in [0.4, 0.5) is 0 Å². The summed E-state index contributed by atoms with van der Waals surface area (Å²) in [4.78, 5) is 4.56. The molecule has 1 heterocycles. The molecule has 3 heteroatoms. The van der Waals surface area contributed by atoms with Gasteiger partial charge >= 0.3 is 0 Å². The molecule has 1 atom stereocenters. The van der Waals surface area contributed by atoms with Crippen molar-refractivity contribution in [3.8, 4) is 0 Å². The monoisotopic (exact) mass is 197 g/mol. The van der Waals surface area contributed by atoms with Gasteiger partial charge in [0.15, 0.2) is 0 Å². The Balaban J connectivity index is 2.64. The first kappa shape index (κ1) is 11.3. The Morgan fingerprint density at radius 1 is 1.36 bits per heavy atom. The smallest absolute Gasteiger partial charge is 0.116 e.